The van der Waals surface area contributed by atoms with Gasteiger partial charge in [0, 0.05) is 12.8 Å². The third-order valence-electron chi connectivity index (χ3n) is 2.49. The molecule has 0 aliphatic rings. The number of nitrogen functional groups attached to an aromatic ring is 1. The van der Waals surface area contributed by atoms with E-state index in [1.807, 2.05) is 0 Å². The van der Waals surface area contributed by atoms with Crippen molar-refractivity contribution in [2.75, 3.05) is 39.3 Å². The van der Waals surface area contributed by atoms with E-state index in [1.165, 1.54) is 7.11 Å². The molecule has 2 N–H and O–H groups in total. The van der Waals surface area contributed by atoms with Crippen molar-refractivity contribution < 1.29 is 32.2 Å². The smallest absolute Gasteiger partial charge is 0.416 e. The van der Waals surface area contributed by atoms with Crippen molar-refractivity contribution in [2.24, 2.45) is 0 Å². The predicted molar refractivity (Wildman–Crippen MR) is 68.8 cm³/mol. The van der Waals surface area contributed by atoms with E-state index in [0.29, 0.717) is 19.3 Å². The van der Waals surface area contributed by atoms with Gasteiger partial charge in [-0.3, -0.25) is 0 Å². The summed E-state index contributed by atoms with van der Waals surface area (Å²) in [5.74, 6) is -0.922. The molecule has 0 saturated heterocycles. The topological polar surface area (TPSA) is 70.8 Å². The third kappa shape index (κ3) is 5.60. The zero-order chi connectivity index (χ0) is 15.9. The van der Waals surface area contributed by atoms with Crippen LogP contribution in [-0.4, -0.2) is 39.5 Å². The lowest BCUT2D eigenvalue weighted by Gasteiger charge is -2.11. The molecule has 1 aromatic carbocycles. The van der Waals surface area contributed by atoms with Gasteiger partial charge < -0.3 is 19.9 Å². The number of alkyl halides is 3. The number of halogens is 3. The molecule has 118 valence electrons. The van der Waals surface area contributed by atoms with Gasteiger partial charge in [0.05, 0.1) is 30.9 Å². The second kappa shape index (κ2) is 7.84. The molecule has 0 aliphatic heterocycles. The highest BCUT2D eigenvalue weighted by molar-refractivity contribution is 5.95. The molecule has 0 spiro atoms. The van der Waals surface area contributed by atoms with Crippen molar-refractivity contribution in [3.8, 4) is 0 Å². The van der Waals surface area contributed by atoms with Gasteiger partial charge in [0.25, 0.3) is 0 Å². The summed E-state index contributed by atoms with van der Waals surface area (Å²) in [6.45, 7) is 0.764. The Balaban J connectivity index is 2.57. The van der Waals surface area contributed by atoms with Crippen LogP contribution in [0.5, 0.6) is 0 Å². The van der Waals surface area contributed by atoms with Gasteiger partial charge in [0.1, 0.15) is 6.61 Å². The fourth-order valence-electron chi connectivity index (χ4n) is 1.42. The van der Waals surface area contributed by atoms with E-state index in [0.717, 1.165) is 12.1 Å². The number of rotatable bonds is 7. The van der Waals surface area contributed by atoms with Gasteiger partial charge >= 0.3 is 12.1 Å². The largest absolute Gasteiger partial charge is 0.460 e. The van der Waals surface area contributed by atoms with E-state index in [1.54, 1.807) is 0 Å². The highest BCUT2D eigenvalue weighted by Crippen LogP contribution is 2.31. The van der Waals surface area contributed by atoms with Crippen LogP contribution in [0.3, 0.4) is 0 Å². The van der Waals surface area contributed by atoms with E-state index >= 15 is 0 Å². The molecule has 0 aromatic heterocycles. The second-order valence-corrected chi connectivity index (χ2v) is 4.04. The van der Waals surface area contributed by atoms with Gasteiger partial charge in [-0.15, -0.1) is 0 Å². The molecule has 0 heterocycles. The van der Waals surface area contributed by atoms with Gasteiger partial charge in [0.2, 0.25) is 0 Å². The number of hydrogen-bond acceptors (Lipinski definition) is 5. The first-order valence-corrected chi connectivity index (χ1v) is 6.06. The monoisotopic (exact) mass is 307 g/mol. The van der Waals surface area contributed by atoms with E-state index in [-0.39, 0.29) is 24.5 Å². The minimum Gasteiger partial charge on any atom is -0.460 e. The standard InChI is InChI=1S/C13H16F3NO4/c1-19-4-5-20-6-7-21-12(18)10-8-9(13(14,15)16)2-3-11(10)17/h2-3,8H,4-7,17H2,1H3. The first-order valence-electron chi connectivity index (χ1n) is 6.06. The summed E-state index contributed by atoms with van der Waals surface area (Å²) in [5, 5.41) is 0. The Hall–Kier alpha value is -1.80. The quantitative estimate of drug-likeness (QED) is 0.474. The minimum absolute atomic E-state index is 0.0756. The van der Waals surface area contributed by atoms with Crippen LogP contribution in [0.1, 0.15) is 15.9 Å². The Kier molecular flexibility index (Phi) is 6.44. The van der Waals surface area contributed by atoms with Crippen LogP contribution >= 0.6 is 0 Å². The van der Waals surface area contributed by atoms with Crippen LogP contribution in [0.4, 0.5) is 18.9 Å². The van der Waals surface area contributed by atoms with Crippen LogP contribution in [0.2, 0.25) is 0 Å². The zero-order valence-corrected chi connectivity index (χ0v) is 11.4. The normalized spacial score (nSPS) is 11.4. The molecule has 0 bridgehead atoms. The van der Waals surface area contributed by atoms with Crippen molar-refractivity contribution in [1.82, 2.24) is 0 Å². The Morgan fingerprint density at radius 2 is 1.86 bits per heavy atom. The number of nitrogens with two attached hydrogens (primary N) is 1. The summed E-state index contributed by atoms with van der Waals surface area (Å²) in [7, 11) is 1.51. The molecule has 5 nitrogen and oxygen atoms in total. The Morgan fingerprint density at radius 3 is 2.48 bits per heavy atom. The fourth-order valence-corrected chi connectivity index (χ4v) is 1.42. The molecule has 1 aromatic rings. The number of hydrogen-bond donors (Lipinski definition) is 1. The maximum absolute atomic E-state index is 12.6. The Bertz CT molecular complexity index is 477. The SMILES string of the molecule is COCCOCCOC(=O)c1cc(C(F)(F)F)ccc1N. The van der Waals surface area contributed by atoms with Gasteiger partial charge in [-0.25, -0.2) is 4.79 Å². The molecule has 0 aliphatic carbocycles. The maximum Gasteiger partial charge on any atom is 0.416 e. The van der Waals surface area contributed by atoms with E-state index < -0.39 is 17.7 Å². The molecule has 21 heavy (non-hydrogen) atoms. The van der Waals surface area contributed by atoms with Crippen LogP contribution < -0.4 is 5.73 Å². The molecule has 0 radical (unpaired) electrons. The molecule has 0 unspecified atom stereocenters. The van der Waals surface area contributed by atoms with Gasteiger partial charge in [0.15, 0.2) is 0 Å². The number of methoxy groups -OCH3 is 1. The molecular formula is C13H16F3NO4. The number of ether oxygens (including phenoxy) is 3. The van der Waals surface area contributed by atoms with Crippen molar-refractivity contribution in [3.63, 3.8) is 0 Å². The molecule has 0 fully saturated rings. The van der Waals surface area contributed by atoms with Crippen molar-refractivity contribution in [1.29, 1.82) is 0 Å². The van der Waals surface area contributed by atoms with Crippen LogP contribution in [0.15, 0.2) is 18.2 Å². The lowest BCUT2D eigenvalue weighted by atomic mass is 10.1. The lowest BCUT2D eigenvalue weighted by molar-refractivity contribution is -0.137. The molecular weight excluding hydrogens is 291 g/mol. The Morgan fingerprint density at radius 1 is 1.19 bits per heavy atom. The minimum atomic E-state index is -4.55. The van der Waals surface area contributed by atoms with Crippen LogP contribution in [0, 0.1) is 0 Å². The number of carbonyl (C=O) groups excluding carboxylic acids is 1. The van der Waals surface area contributed by atoms with E-state index in [4.69, 9.17) is 19.9 Å². The average Bonchev–Trinajstić information content (AvgIpc) is 2.41. The summed E-state index contributed by atoms with van der Waals surface area (Å²) in [6, 6.07) is 2.50. The summed E-state index contributed by atoms with van der Waals surface area (Å²) in [5.41, 5.74) is 4.14. The summed E-state index contributed by atoms with van der Waals surface area (Å²) in [6.07, 6.45) is -4.55. The molecule has 1 rings (SSSR count). The van der Waals surface area contributed by atoms with Crippen molar-refractivity contribution >= 4 is 11.7 Å². The van der Waals surface area contributed by atoms with Crippen LogP contribution in [0.25, 0.3) is 0 Å². The summed E-state index contributed by atoms with van der Waals surface area (Å²) < 4.78 is 52.3. The first kappa shape index (κ1) is 17.3. The van der Waals surface area contributed by atoms with Crippen molar-refractivity contribution in [3.05, 3.63) is 29.3 Å². The number of benzene rings is 1. The number of anilines is 1. The highest BCUT2D eigenvalue weighted by Gasteiger charge is 2.31. The van der Waals surface area contributed by atoms with E-state index in [9.17, 15) is 18.0 Å². The highest BCUT2D eigenvalue weighted by atomic mass is 19.4. The summed E-state index contributed by atoms with van der Waals surface area (Å²) >= 11 is 0. The van der Waals surface area contributed by atoms with Crippen LogP contribution in [-0.2, 0) is 20.4 Å². The Labute approximate surface area is 119 Å². The predicted octanol–water partition coefficient (Wildman–Crippen LogP) is 2.11. The van der Waals surface area contributed by atoms with Crippen molar-refractivity contribution in [2.45, 2.75) is 6.18 Å². The van der Waals surface area contributed by atoms with Gasteiger partial charge in [-0.2, -0.15) is 13.2 Å². The second-order valence-electron chi connectivity index (χ2n) is 4.04. The zero-order valence-electron chi connectivity index (χ0n) is 11.4. The molecule has 8 heteroatoms. The maximum atomic E-state index is 12.6. The number of carbonyl (C=O) groups is 1. The average molecular weight is 307 g/mol. The lowest BCUT2D eigenvalue weighted by Crippen LogP contribution is -2.15. The third-order valence-corrected chi connectivity index (χ3v) is 2.49. The first-order chi connectivity index (χ1) is 9.86. The molecule has 0 amide bonds. The summed E-state index contributed by atoms with van der Waals surface area (Å²) in [4.78, 5) is 11.7. The van der Waals surface area contributed by atoms with Gasteiger partial charge in [-0.05, 0) is 18.2 Å². The number of esters is 1. The van der Waals surface area contributed by atoms with Gasteiger partial charge in [-0.1, -0.05) is 0 Å². The molecule has 0 saturated carbocycles. The van der Waals surface area contributed by atoms with E-state index in [2.05, 4.69) is 0 Å². The molecule has 0 atom stereocenters. The fraction of sp³-hybridized carbons (Fsp3) is 0.462.